The van der Waals surface area contributed by atoms with Crippen LogP contribution in [0.5, 0.6) is 5.88 Å². The summed E-state index contributed by atoms with van der Waals surface area (Å²) in [6, 6.07) is 8.61. The second-order valence-electron chi connectivity index (χ2n) is 5.38. The first-order valence-electron chi connectivity index (χ1n) is 7.56. The molecule has 8 heteroatoms. The molecule has 2 N–H and O–H groups in total. The van der Waals surface area contributed by atoms with E-state index < -0.39 is 18.0 Å². The molecule has 1 unspecified atom stereocenters. The molecule has 0 saturated carbocycles. The lowest BCUT2D eigenvalue weighted by Gasteiger charge is -2.18. The number of aromatic nitrogens is 1. The van der Waals surface area contributed by atoms with E-state index in [9.17, 15) is 14.4 Å². The lowest BCUT2D eigenvalue weighted by molar-refractivity contribution is -0.117. The molecule has 0 bridgehead atoms. The summed E-state index contributed by atoms with van der Waals surface area (Å²) in [6.07, 6.45) is 1.51. The highest BCUT2D eigenvalue weighted by atomic mass is 16.5. The summed E-state index contributed by atoms with van der Waals surface area (Å²) in [5.74, 6) is -0.663. The number of hydrogen-bond acceptors (Lipinski definition) is 5. The molecule has 1 saturated heterocycles. The number of hydrogen-bond donors (Lipinski definition) is 2. The molecule has 8 nitrogen and oxygen atoms in total. The Morgan fingerprint density at radius 1 is 1.24 bits per heavy atom. The number of ether oxygens (including phenoxy) is 1. The van der Waals surface area contributed by atoms with E-state index in [-0.39, 0.29) is 17.4 Å². The maximum absolute atomic E-state index is 12.6. The predicted octanol–water partition coefficient (Wildman–Crippen LogP) is 1.79. The van der Waals surface area contributed by atoms with Crippen LogP contribution in [0.1, 0.15) is 17.3 Å². The summed E-state index contributed by atoms with van der Waals surface area (Å²) in [5.41, 5.74) is 0.868. The van der Waals surface area contributed by atoms with Crippen molar-refractivity contribution >= 4 is 29.2 Å². The van der Waals surface area contributed by atoms with Gasteiger partial charge in [0.25, 0.3) is 11.8 Å². The van der Waals surface area contributed by atoms with Gasteiger partial charge in [0.05, 0.1) is 18.5 Å². The molecule has 2 heterocycles. The maximum atomic E-state index is 12.6. The number of pyridine rings is 1. The molecule has 1 atom stereocenters. The molecule has 4 amide bonds. The minimum Gasteiger partial charge on any atom is -0.480 e. The Balaban J connectivity index is 1.93. The quantitative estimate of drug-likeness (QED) is 0.827. The molecule has 1 aliphatic heterocycles. The van der Waals surface area contributed by atoms with E-state index in [0.717, 1.165) is 4.90 Å². The molecule has 1 fully saturated rings. The third-order valence-corrected chi connectivity index (χ3v) is 3.74. The SMILES string of the molecule is COc1ncccc1C(=O)Nc1ccccc1N1C(=O)NC(C)C1=O. The standard InChI is InChI=1S/C17H16N4O4/c1-10-16(23)21(17(24)19-10)13-8-4-3-7-12(13)20-14(22)11-6-5-9-18-15(11)25-2/h3-10H,1-2H3,(H,19,24)(H,20,22). The molecule has 0 spiro atoms. The number of imide groups is 1. The van der Waals surface area contributed by atoms with Crippen LogP contribution in [0.4, 0.5) is 16.2 Å². The van der Waals surface area contributed by atoms with Crippen molar-refractivity contribution in [2.24, 2.45) is 0 Å². The first-order valence-corrected chi connectivity index (χ1v) is 7.56. The number of methoxy groups -OCH3 is 1. The maximum Gasteiger partial charge on any atom is 0.329 e. The molecule has 1 aromatic heterocycles. The summed E-state index contributed by atoms with van der Waals surface area (Å²) in [6.45, 7) is 1.60. The van der Waals surface area contributed by atoms with Crippen LogP contribution in [0.3, 0.4) is 0 Å². The number of carbonyl (C=O) groups excluding carboxylic acids is 3. The number of amides is 4. The van der Waals surface area contributed by atoms with Crippen LogP contribution >= 0.6 is 0 Å². The highest BCUT2D eigenvalue weighted by molar-refractivity contribution is 6.23. The van der Waals surface area contributed by atoms with Gasteiger partial charge >= 0.3 is 6.03 Å². The first kappa shape index (κ1) is 16.4. The van der Waals surface area contributed by atoms with E-state index in [0.29, 0.717) is 11.4 Å². The summed E-state index contributed by atoms with van der Waals surface area (Å²) < 4.78 is 5.08. The summed E-state index contributed by atoms with van der Waals surface area (Å²) in [5, 5.41) is 5.24. The van der Waals surface area contributed by atoms with Crippen LogP contribution in [-0.4, -0.2) is 36.0 Å². The van der Waals surface area contributed by atoms with Crippen LogP contribution in [0, 0.1) is 0 Å². The van der Waals surface area contributed by atoms with Crippen molar-refractivity contribution in [3.05, 3.63) is 48.2 Å². The number of benzene rings is 1. The third-order valence-electron chi connectivity index (χ3n) is 3.74. The van der Waals surface area contributed by atoms with Crippen LogP contribution in [-0.2, 0) is 4.79 Å². The molecule has 2 aromatic rings. The summed E-state index contributed by atoms with van der Waals surface area (Å²) in [7, 11) is 1.42. The number of carbonyl (C=O) groups is 3. The lowest BCUT2D eigenvalue weighted by Crippen LogP contribution is -2.32. The highest BCUT2D eigenvalue weighted by Gasteiger charge is 2.37. The Morgan fingerprint density at radius 3 is 2.68 bits per heavy atom. The molecular weight excluding hydrogens is 324 g/mol. The zero-order valence-corrected chi connectivity index (χ0v) is 13.6. The topological polar surface area (TPSA) is 101 Å². The molecule has 0 radical (unpaired) electrons. The van der Waals surface area contributed by atoms with Crippen molar-refractivity contribution in [3.63, 3.8) is 0 Å². The zero-order valence-electron chi connectivity index (χ0n) is 13.6. The van der Waals surface area contributed by atoms with Crippen LogP contribution in [0.15, 0.2) is 42.6 Å². The van der Waals surface area contributed by atoms with Gasteiger partial charge in [-0.15, -0.1) is 0 Å². The normalized spacial score (nSPS) is 16.6. The Hall–Kier alpha value is -3.42. The molecular formula is C17H16N4O4. The second-order valence-corrected chi connectivity index (χ2v) is 5.38. The third kappa shape index (κ3) is 3.01. The van der Waals surface area contributed by atoms with Crippen LogP contribution < -0.4 is 20.3 Å². The van der Waals surface area contributed by atoms with Crippen molar-refractivity contribution in [2.75, 3.05) is 17.3 Å². The molecule has 3 rings (SSSR count). The fourth-order valence-corrected chi connectivity index (χ4v) is 2.52. The largest absolute Gasteiger partial charge is 0.480 e. The number of urea groups is 1. The van der Waals surface area contributed by atoms with Gasteiger partial charge in [-0.2, -0.15) is 0 Å². The van der Waals surface area contributed by atoms with E-state index in [4.69, 9.17) is 4.74 Å². The van der Waals surface area contributed by atoms with E-state index in [2.05, 4.69) is 15.6 Å². The molecule has 1 aliphatic rings. The van der Waals surface area contributed by atoms with Crippen LogP contribution in [0.2, 0.25) is 0 Å². The van der Waals surface area contributed by atoms with Gasteiger partial charge in [0.2, 0.25) is 5.88 Å². The van der Waals surface area contributed by atoms with E-state index >= 15 is 0 Å². The predicted molar refractivity (Wildman–Crippen MR) is 90.7 cm³/mol. The van der Waals surface area contributed by atoms with E-state index in [1.807, 2.05) is 0 Å². The smallest absolute Gasteiger partial charge is 0.329 e. The minimum atomic E-state index is -0.616. The Kier molecular flexibility index (Phi) is 4.34. The van der Waals surface area contributed by atoms with Gasteiger partial charge in [-0.25, -0.2) is 14.7 Å². The van der Waals surface area contributed by atoms with Gasteiger partial charge in [-0.05, 0) is 31.2 Å². The van der Waals surface area contributed by atoms with Crippen molar-refractivity contribution in [1.82, 2.24) is 10.3 Å². The van der Waals surface area contributed by atoms with Crippen molar-refractivity contribution in [1.29, 1.82) is 0 Å². The van der Waals surface area contributed by atoms with Crippen molar-refractivity contribution in [2.45, 2.75) is 13.0 Å². The molecule has 1 aromatic carbocycles. The molecule has 25 heavy (non-hydrogen) atoms. The highest BCUT2D eigenvalue weighted by Crippen LogP contribution is 2.29. The Labute approximate surface area is 143 Å². The van der Waals surface area contributed by atoms with E-state index in [1.54, 1.807) is 43.3 Å². The number of para-hydroxylation sites is 2. The fourth-order valence-electron chi connectivity index (χ4n) is 2.52. The first-order chi connectivity index (χ1) is 12.0. The Bertz CT molecular complexity index is 852. The zero-order chi connectivity index (χ0) is 18.0. The van der Waals surface area contributed by atoms with Crippen molar-refractivity contribution in [3.8, 4) is 5.88 Å². The monoisotopic (exact) mass is 340 g/mol. The lowest BCUT2D eigenvalue weighted by atomic mass is 10.2. The van der Waals surface area contributed by atoms with Gasteiger partial charge in [-0.1, -0.05) is 12.1 Å². The Morgan fingerprint density at radius 2 is 2.00 bits per heavy atom. The van der Waals surface area contributed by atoms with Gasteiger partial charge < -0.3 is 15.4 Å². The molecule has 0 aliphatic carbocycles. The van der Waals surface area contributed by atoms with Gasteiger partial charge in [0.1, 0.15) is 11.6 Å². The van der Waals surface area contributed by atoms with Gasteiger partial charge in [0.15, 0.2) is 0 Å². The summed E-state index contributed by atoms with van der Waals surface area (Å²) >= 11 is 0. The number of nitrogens with one attached hydrogen (secondary N) is 2. The molecule has 128 valence electrons. The average Bonchev–Trinajstić information content (AvgIpc) is 2.87. The van der Waals surface area contributed by atoms with Crippen LogP contribution in [0.25, 0.3) is 0 Å². The minimum absolute atomic E-state index is 0.182. The van der Waals surface area contributed by atoms with Crippen molar-refractivity contribution < 1.29 is 19.1 Å². The van der Waals surface area contributed by atoms with E-state index in [1.165, 1.54) is 13.3 Å². The van der Waals surface area contributed by atoms with Gasteiger partial charge in [0, 0.05) is 6.20 Å². The number of anilines is 2. The average molecular weight is 340 g/mol. The fraction of sp³-hybridized carbons (Fsp3) is 0.176. The number of nitrogens with zero attached hydrogens (tertiary/aromatic N) is 2. The second kappa shape index (κ2) is 6.60. The summed E-state index contributed by atoms with van der Waals surface area (Å²) in [4.78, 5) is 41.8. The number of rotatable bonds is 4. The van der Waals surface area contributed by atoms with Gasteiger partial charge in [-0.3, -0.25) is 9.59 Å².